The van der Waals surface area contributed by atoms with Gasteiger partial charge in [-0.25, -0.2) is 0 Å². The van der Waals surface area contributed by atoms with E-state index in [4.69, 9.17) is 0 Å². The highest BCUT2D eigenvalue weighted by molar-refractivity contribution is 9.10. The second-order valence-electron chi connectivity index (χ2n) is 5.41. The van der Waals surface area contributed by atoms with Crippen LogP contribution in [0.2, 0.25) is 0 Å². The molecule has 3 rings (SSSR count). The van der Waals surface area contributed by atoms with Crippen LogP contribution in [0, 0.1) is 0 Å². The topological polar surface area (TPSA) is 52.7 Å². The van der Waals surface area contributed by atoms with Gasteiger partial charge >= 0.3 is 0 Å². The van der Waals surface area contributed by atoms with Gasteiger partial charge in [0.2, 0.25) is 0 Å². The van der Waals surface area contributed by atoms with Crippen molar-refractivity contribution in [3.05, 3.63) is 22.2 Å². The Hall–Kier alpha value is -1.40. The highest BCUT2D eigenvalue weighted by Crippen LogP contribution is 2.36. The molecule has 0 bridgehead atoms. The normalized spacial score (nSPS) is 22.9. The Bertz CT molecular complexity index is 602. The standard InChI is InChI=1S/C14H16BrN3O2/c1-8-7-18(4-3-17(8)2)12-6-11-9(5-10(12)15)13(19)14(20)16-11/h5-6,8H,3-4,7H2,1-2H3,(H,16,19,20). The van der Waals surface area contributed by atoms with Crippen LogP contribution < -0.4 is 10.2 Å². The van der Waals surface area contributed by atoms with Gasteiger partial charge in [0, 0.05) is 30.1 Å². The summed E-state index contributed by atoms with van der Waals surface area (Å²) < 4.78 is 0.859. The maximum absolute atomic E-state index is 11.7. The monoisotopic (exact) mass is 337 g/mol. The molecule has 1 amide bonds. The molecule has 0 aromatic heterocycles. The lowest BCUT2D eigenvalue weighted by atomic mass is 10.1. The third kappa shape index (κ3) is 2.13. The van der Waals surface area contributed by atoms with Gasteiger partial charge in [0.1, 0.15) is 0 Å². The number of carbonyl (C=O) groups is 2. The fourth-order valence-electron chi connectivity index (χ4n) is 2.66. The van der Waals surface area contributed by atoms with E-state index in [0.717, 1.165) is 29.8 Å². The summed E-state index contributed by atoms with van der Waals surface area (Å²) in [6, 6.07) is 4.11. The quantitative estimate of drug-likeness (QED) is 0.793. The summed E-state index contributed by atoms with van der Waals surface area (Å²) in [5.74, 6) is -1.00. The number of carbonyl (C=O) groups excluding carboxylic acids is 2. The smallest absolute Gasteiger partial charge is 0.296 e. The van der Waals surface area contributed by atoms with Crippen LogP contribution in [0.15, 0.2) is 16.6 Å². The first-order chi connectivity index (χ1) is 9.47. The maximum Gasteiger partial charge on any atom is 0.296 e. The summed E-state index contributed by atoms with van der Waals surface area (Å²) >= 11 is 3.52. The number of anilines is 2. The molecule has 2 heterocycles. The molecule has 1 fully saturated rings. The van der Waals surface area contributed by atoms with Gasteiger partial charge < -0.3 is 15.1 Å². The highest BCUT2D eigenvalue weighted by Gasteiger charge is 2.30. The van der Waals surface area contributed by atoms with E-state index >= 15 is 0 Å². The molecule has 1 aromatic carbocycles. The van der Waals surface area contributed by atoms with E-state index in [9.17, 15) is 9.59 Å². The number of Topliss-reactive ketones (excluding diaryl/α,β-unsaturated/α-hetero) is 1. The number of halogens is 1. The molecule has 1 N–H and O–H groups in total. The van der Waals surface area contributed by atoms with E-state index in [0.29, 0.717) is 17.3 Å². The van der Waals surface area contributed by atoms with Crippen molar-refractivity contribution in [2.45, 2.75) is 13.0 Å². The van der Waals surface area contributed by atoms with E-state index in [1.54, 1.807) is 6.07 Å². The van der Waals surface area contributed by atoms with Crippen molar-refractivity contribution in [3.63, 3.8) is 0 Å². The number of hydrogen-bond acceptors (Lipinski definition) is 4. The molecule has 0 aliphatic carbocycles. The number of piperazine rings is 1. The molecule has 0 spiro atoms. The minimum Gasteiger partial charge on any atom is -0.368 e. The van der Waals surface area contributed by atoms with Gasteiger partial charge in [-0.15, -0.1) is 0 Å². The predicted octanol–water partition coefficient (Wildman–Crippen LogP) is 1.72. The van der Waals surface area contributed by atoms with Crippen molar-refractivity contribution in [1.82, 2.24) is 4.90 Å². The molecule has 1 atom stereocenters. The van der Waals surface area contributed by atoms with Crippen molar-refractivity contribution in [2.75, 3.05) is 36.9 Å². The van der Waals surface area contributed by atoms with Gasteiger partial charge in [-0.1, -0.05) is 0 Å². The molecule has 106 valence electrons. The number of benzene rings is 1. The summed E-state index contributed by atoms with van der Waals surface area (Å²) in [5.41, 5.74) is 2.09. The number of nitrogens with zero attached hydrogens (tertiary/aromatic N) is 2. The number of fused-ring (bicyclic) bond motifs is 1. The van der Waals surface area contributed by atoms with Crippen LogP contribution >= 0.6 is 15.9 Å². The average Bonchev–Trinajstić information content (AvgIpc) is 2.68. The number of amides is 1. The van der Waals surface area contributed by atoms with Crippen molar-refractivity contribution in [3.8, 4) is 0 Å². The number of ketones is 1. The molecule has 0 radical (unpaired) electrons. The Labute approximate surface area is 126 Å². The van der Waals surface area contributed by atoms with E-state index in [-0.39, 0.29) is 0 Å². The molecule has 2 aliphatic heterocycles. The first-order valence-corrected chi connectivity index (χ1v) is 7.41. The lowest BCUT2D eigenvalue weighted by Crippen LogP contribution is -2.50. The minimum absolute atomic E-state index is 0.452. The van der Waals surface area contributed by atoms with Crippen molar-refractivity contribution in [2.24, 2.45) is 0 Å². The van der Waals surface area contributed by atoms with Crippen LogP contribution in [-0.2, 0) is 4.79 Å². The Morgan fingerprint density at radius 1 is 1.30 bits per heavy atom. The third-order valence-electron chi connectivity index (χ3n) is 4.09. The molecule has 0 saturated carbocycles. The summed E-state index contributed by atoms with van der Waals surface area (Å²) in [6.07, 6.45) is 0. The second-order valence-corrected chi connectivity index (χ2v) is 6.26. The number of likely N-dealkylation sites (N-methyl/N-ethyl adjacent to an activating group) is 1. The van der Waals surface area contributed by atoms with Gasteiger partial charge in [-0.3, -0.25) is 9.59 Å². The number of hydrogen-bond donors (Lipinski definition) is 1. The summed E-state index contributed by atoms with van der Waals surface area (Å²) in [4.78, 5) is 27.7. The average molecular weight is 338 g/mol. The van der Waals surface area contributed by atoms with Gasteiger partial charge in [0.25, 0.3) is 11.7 Å². The molecule has 6 heteroatoms. The Morgan fingerprint density at radius 2 is 2.05 bits per heavy atom. The van der Waals surface area contributed by atoms with Gasteiger partial charge in [0.15, 0.2) is 0 Å². The maximum atomic E-state index is 11.7. The Balaban J connectivity index is 1.94. The minimum atomic E-state index is -0.546. The van der Waals surface area contributed by atoms with E-state index in [1.807, 2.05) is 6.07 Å². The van der Waals surface area contributed by atoms with Gasteiger partial charge in [-0.05, 0) is 42.0 Å². The largest absolute Gasteiger partial charge is 0.368 e. The first kappa shape index (κ1) is 13.6. The van der Waals surface area contributed by atoms with Crippen molar-refractivity contribution < 1.29 is 9.59 Å². The molecule has 2 aliphatic rings. The van der Waals surface area contributed by atoms with Crippen LogP contribution in [0.3, 0.4) is 0 Å². The molecule has 1 saturated heterocycles. The Morgan fingerprint density at radius 3 is 2.75 bits per heavy atom. The lowest BCUT2D eigenvalue weighted by Gasteiger charge is -2.39. The van der Waals surface area contributed by atoms with E-state index in [1.165, 1.54) is 0 Å². The summed E-state index contributed by atoms with van der Waals surface area (Å²) in [7, 11) is 2.12. The van der Waals surface area contributed by atoms with Crippen molar-refractivity contribution in [1.29, 1.82) is 0 Å². The zero-order chi connectivity index (χ0) is 14.4. The van der Waals surface area contributed by atoms with Crippen LogP contribution in [0.5, 0.6) is 0 Å². The SMILES string of the molecule is CC1CN(c2cc3c(cc2Br)C(=O)C(=O)N3)CCN1C. The van der Waals surface area contributed by atoms with Crippen molar-refractivity contribution >= 4 is 39.0 Å². The molecule has 1 aromatic rings. The fourth-order valence-corrected chi connectivity index (χ4v) is 3.26. The highest BCUT2D eigenvalue weighted by atomic mass is 79.9. The summed E-state index contributed by atoms with van der Waals surface area (Å²) in [6.45, 7) is 5.05. The molecular formula is C14H16BrN3O2. The zero-order valence-electron chi connectivity index (χ0n) is 11.4. The van der Waals surface area contributed by atoms with Gasteiger partial charge in [-0.2, -0.15) is 0 Å². The van der Waals surface area contributed by atoms with Crippen LogP contribution in [0.25, 0.3) is 0 Å². The van der Waals surface area contributed by atoms with Crippen LogP contribution in [0.4, 0.5) is 11.4 Å². The van der Waals surface area contributed by atoms with Crippen LogP contribution in [0.1, 0.15) is 17.3 Å². The number of nitrogens with one attached hydrogen (secondary N) is 1. The number of rotatable bonds is 1. The molecular weight excluding hydrogens is 322 g/mol. The Kier molecular flexibility index (Phi) is 3.30. The third-order valence-corrected chi connectivity index (χ3v) is 4.72. The fraction of sp³-hybridized carbons (Fsp3) is 0.429. The zero-order valence-corrected chi connectivity index (χ0v) is 13.0. The lowest BCUT2D eigenvalue weighted by molar-refractivity contribution is -0.112. The van der Waals surface area contributed by atoms with Gasteiger partial charge in [0.05, 0.1) is 16.9 Å². The molecule has 5 nitrogen and oxygen atoms in total. The molecule has 20 heavy (non-hydrogen) atoms. The van der Waals surface area contributed by atoms with E-state index in [2.05, 4.69) is 45.0 Å². The predicted molar refractivity (Wildman–Crippen MR) is 81.4 cm³/mol. The van der Waals surface area contributed by atoms with Crippen LogP contribution in [-0.4, -0.2) is 49.3 Å². The molecule has 1 unspecified atom stereocenters. The second kappa shape index (κ2) is 4.86. The summed E-state index contributed by atoms with van der Waals surface area (Å²) in [5, 5.41) is 2.63. The first-order valence-electron chi connectivity index (χ1n) is 6.62. The van der Waals surface area contributed by atoms with E-state index < -0.39 is 11.7 Å².